The van der Waals surface area contributed by atoms with Gasteiger partial charge in [0.25, 0.3) is 5.56 Å². The Kier molecular flexibility index (Phi) is 2.55. The summed E-state index contributed by atoms with van der Waals surface area (Å²) in [6.07, 6.45) is 1.64. The normalized spacial score (nSPS) is 10.2. The van der Waals surface area contributed by atoms with Gasteiger partial charge in [-0.1, -0.05) is 6.07 Å². The van der Waals surface area contributed by atoms with E-state index in [0.717, 1.165) is 4.68 Å². The van der Waals surface area contributed by atoms with E-state index in [1.165, 1.54) is 6.07 Å². The Morgan fingerprint density at radius 1 is 1.20 bits per heavy atom. The molecule has 76 valence electrons. The Bertz CT molecular complexity index is 508. The van der Waals surface area contributed by atoms with Crippen LogP contribution in [0.4, 0.5) is 0 Å². The average Bonchev–Trinajstić information content (AvgIpc) is 2.31. The van der Waals surface area contributed by atoms with Crippen molar-refractivity contribution in [2.45, 2.75) is 6.73 Å². The van der Waals surface area contributed by atoms with Gasteiger partial charge >= 0.3 is 0 Å². The Hall–Kier alpha value is -2.01. The Morgan fingerprint density at radius 3 is 2.73 bits per heavy atom. The maximum atomic E-state index is 11.2. The molecule has 0 saturated carbocycles. The van der Waals surface area contributed by atoms with Gasteiger partial charge in [0.1, 0.15) is 12.4 Å². The molecular weight excluding hydrogens is 194 g/mol. The molecular formula is C10H9N3O2. The van der Waals surface area contributed by atoms with Crippen LogP contribution in [0.25, 0.3) is 11.4 Å². The fourth-order valence-electron chi connectivity index (χ4n) is 1.20. The van der Waals surface area contributed by atoms with Crippen molar-refractivity contribution in [3.8, 4) is 11.4 Å². The minimum Gasteiger partial charge on any atom is -0.374 e. The van der Waals surface area contributed by atoms with Gasteiger partial charge in [0.15, 0.2) is 0 Å². The molecule has 2 heterocycles. The lowest BCUT2D eigenvalue weighted by Crippen LogP contribution is -2.22. The summed E-state index contributed by atoms with van der Waals surface area (Å²) < 4.78 is 0.976. The summed E-state index contributed by atoms with van der Waals surface area (Å²) in [4.78, 5) is 15.2. The molecule has 2 aromatic rings. The fourth-order valence-corrected chi connectivity index (χ4v) is 1.20. The Labute approximate surface area is 85.6 Å². The highest BCUT2D eigenvalue weighted by molar-refractivity contribution is 5.52. The SMILES string of the molecule is O=c1ccc(-c2ccccn2)nn1CO. The Morgan fingerprint density at radius 2 is 2.07 bits per heavy atom. The standard InChI is InChI=1S/C10H9N3O2/c14-7-13-10(15)5-4-9(12-13)8-3-1-2-6-11-8/h1-6,14H,7H2. The van der Waals surface area contributed by atoms with Crippen molar-refractivity contribution in [1.29, 1.82) is 0 Å². The van der Waals surface area contributed by atoms with Crippen LogP contribution in [0.2, 0.25) is 0 Å². The van der Waals surface area contributed by atoms with E-state index in [4.69, 9.17) is 5.11 Å². The molecule has 0 unspecified atom stereocenters. The van der Waals surface area contributed by atoms with Gasteiger partial charge in [-0.3, -0.25) is 9.78 Å². The summed E-state index contributed by atoms with van der Waals surface area (Å²) in [5.74, 6) is 0. The van der Waals surface area contributed by atoms with Crippen molar-refractivity contribution in [1.82, 2.24) is 14.8 Å². The molecule has 15 heavy (non-hydrogen) atoms. The molecule has 5 heteroatoms. The summed E-state index contributed by atoms with van der Waals surface area (Å²) in [5.41, 5.74) is 0.890. The summed E-state index contributed by atoms with van der Waals surface area (Å²) in [6, 6.07) is 8.35. The van der Waals surface area contributed by atoms with Crippen LogP contribution in [-0.4, -0.2) is 19.9 Å². The first kappa shape index (κ1) is 9.54. The second kappa shape index (κ2) is 4.02. The number of nitrogens with zero attached hydrogens (tertiary/aromatic N) is 3. The summed E-state index contributed by atoms with van der Waals surface area (Å²) in [7, 11) is 0. The van der Waals surface area contributed by atoms with Crippen LogP contribution < -0.4 is 5.56 Å². The predicted molar refractivity (Wildman–Crippen MR) is 53.9 cm³/mol. The zero-order chi connectivity index (χ0) is 10.7. The van der Waals surface area contributed by atoms with E-state index in [0.29, 0.717) is 11.4 Å². The fraction of sp³-hybridized carbons (Fsp3) is 0.100. The quantitative estimate of drug-likeness (QED) is 0.759. The minimum atomic E-state index is -0.431. The molecule has 0 aliphatic heterocycles. The number of aliphatic hydroxyl groups is 1. The van der Waals surface area contributed by atoms with Gasteiger partial charge in [0.2, 0.25) is 0 Å². The van der Waals surface area contributed by atoms with E-state index in [1.54, 1.807) is 24.4 Å². The highest BCUT2D eigenvalue weighted by Gasteiger charge is 2.02. The largest absolute Gasteiger partial charge is 0.374 e. The van der Waals surface area contributed by atoms with Crippen LogP contribution in [0.3, 0.4) is 0 Å². The highest BCUT2D eigenvalue weighted by Crippen LogP contribution is 2.10. The van der Waals surface area contributed by atoms with Gasteiger partial charge in [-0.25, -0.2) is 4.68 Å². The van der Waals surface area contributed by atoms with Crippen LogP contribution in [0, 0.1) is 0 Å². The van der Waals surface area contributed by atoms with E-state index in [-0.39, 0.29) is 5.56 Å². The monoisotopic (exact) mass is 203 g/mol. The minimum absolute atomic E-state index is 0.336. The van der Waals surface area contributed by atoms with Crippen molar-refractivity contribution < 1.29 is 5.11 Å². The molecule has 0 amide bonds. The molecule has 1 N–H and O–H groups in total. The van der Waals surface area contributed by atoms with Crippen molar-refractivity contribution >= 4 is 0 Å². The second-order valence-electron chi connectivity index (χ2n) is 2.91. The van der Waals surface area contributed by atoms with Gasteiger partial charge in [-0.15, -0.1) is 0 Å². The summed E-state index contributed by atoms with van der Waals surface area (Å²) >= 11 is 0. The van der Waals surface area contributed by atoms with Crippen molar-refractivity contribution in [3.05, 3.63) is 46.9 Å². The zero-order valence-corrected chi connectivity index (χ0v) is 7.87. The lowest BCUT2D eigenvalue weighted by atomic mass is 10.2. The third kappa shape index (κ3) is 1.92. The molecule has 5 nitrogen and oxygen atoms in total. The molecule has 0 radical (unpaired) electrons. The van der Waals surface area contributed by atoms with Gasteiger partial charge in [0.05, 0.1) is 5.69 Å². The number of pyridine rings is 1. The van der Waals surface area contributed by atoms with Gasteiger partial charge in [-0.2, -0.15) is 5.10 Å². The van der Waals surface area contributed by atoms with Crippen LogP contribution in [0.1, 0.15) is 0 Å². The van der Waals surface area contributed by atoms with Gasteiger partial charge in [0, 0.05) is 12.3 Å². The molecule has 2 aromatic heterocycles. The van der Waals surface area contributed by atoms with Crippen molar-refractivity contribution in [2.24, 2.45) is 0 Å². The third-order valence-corrected chi connectivity index (χ3v) is 1.93. The first-order chi connectivity index (χ1) is 7.31. The predicted octanol–water partition coefficient (Wildman–Crippen LogP) is 0.255. The van der Waals surface area contributed by atoms with E-state index in [2.05, 4.69) is 10.1 Å². The van der Waals surface area contributed by atoms with E-state index in [1.807, 2.05) is 6.07 Å². The first-order valence-corrected chi connectivity index (χ1v) is 4.41. The molecule has 0 saturated heterocycles. The van der Waals surface area contributed by atoms with Gasteiger partial charge < -0.3 is 5.11 Å². The van der Waals surface area contributed by atoms with E-state index in [9.17, 15) is 4.79 Å². The van der Waals surface area contributed by atoms with Crippen LogP contribution >= 0.6 is 0 Å². The Balaban J connectivity index is 2.51. The molecule has 0 aromatic carbocycles. The van der Waals surface area contributed by atoms with Crippen molar-refractivity contribution in [2.75, 3.05) is 0 Å². The summed E-state index contributed by atoms with van der Waals surface area (Å²) in [6.45, 7) is -0.431. The second-order valence-corrected chi connectivity index (χ2v) is 2.91. The number of hydrogen-bond donors (Lipinski definition) is 1. The van der Waals surface area contributed by atoms with Crippen LogP contribution in [-0.2, 0) is 6.73 Å². The third-order valence-electron chi connectivity index (χ3n) is 1.93. The number of aliphatic hydroxyl groups excluding tert-OH is 1. The molecule has 0 aliphatic carbocycles. The lowest BCUT2D eigenvalue weighted by Gasteiger charge is -2.02. The maximum Gasteiger partial charge on any atom is 0.268 e. The molecule has 0 fully saturated rings. The smallest absolute Gasteiger partial charge is 0.268 e. The van der Waals surface area contributed by atoms with Crippen LogP contribution in [0.5, 0.6) is 0 Å². The molecule has 0 bridgehead atoms. The number of rotatable bonds is 2. The first-order valence-electron chi connectivity index (χ1n) is 4.41. The number of hydrogen-bond acceptors (Lipinski definition) is 4. The molecule has 0 spiro atoms. The van der Waals surface area contributed by atoms with E-state index < -0.39 is 6.73 Å². The molecule has 0 aliphatic rings. The zero-order valence-electron chi connectivity index (χ0n) is 7.87. The number of aromatic nitrogens is 3. The molecule has 0 atom stereocenters. The highest BCUT2D eigenvalue weighted by atomic mass is 16.3. The lowest BCUT2D eigenvalue weighted by molar-refractivity contribution is 0.189. The maximum absolute atomic E-state index is 11.2. The summed E-state index contributed by atoms with van der Waals surface area (Å²) in [5, 5.41) is 12.8. The topological polar surface area (TPSA) is 68.0 Å². The average molecular weight is 203 g/mol. The van der Waals surface area contributed by atoms with Crippen LogP contribution in [0.15, 0.2) is 41.3 Å². The van der Waals surface area contributed by atoms with E-state index >= 15 is 0 Å². The van der Waals surface area contributed by atoms with Crippen molar-refractivity contribution in [3.63, 3.8) is 0 Å². The molecule has 2 rings (SSSR count). The van der Waals surface area contributed by atoms with Gasteiger partial charge in [-0.05, 0) is 18.2 Å².